The van der Waals surface area contributed by atoms with Crippen LogP contribution in [0.1, 0.15) is 31.7 Å². The van der Waals surface area contributed by atoms with Gasteiger partial charge in [-0.15, -0.1) is 0 Å². The number of thiocarbonyl (C=S) groups is 1. The second-order valence-corrected chi connectivity index (χ2v) is 7.23. The van der Waals surface area contributed by atoms with E-state index in [2.05, 4.69) is 0 Å². The van der Waals surface area contributed by atoms with E-state index in [0.717, 1.165) is 12.0 Å². The molecule has 0 aromatic heterocycles. The number of carbonyl (C=O) groups excluding carboxylic acids is 1. The van der Waals surface area contributed by atoms with Crippen LogP contribution >= 0.6 is 24.0 Å². The summed E-state index contributed by atoms with van der Waals surface area (Å²) in [6.07, 6.45) is 2.95. The van der Waals surface area contributed by atoms with Crippen LogP contribution in [-0.2, 0) is 9.59 Å². The third kappa shape index (κ3) is 4.98. The van der Waals surface area contributed by atoms with Crippen molar-refractivity contribution in [1.29, 1.82) is 0 Å². The molecule has 1 amide bonds. The number of carboxylic acid groups (broad SMARTS) is 1. The first-order chi connectivity index (χ1) is 12.5. The summed E-state index contributed by atoms with van der Waals surface area (Å²) >= 11 is 6.47. The van der Waals surface area contributed by atoms with E-state index in [1.807, 2.05) is 19.1 Å². The van der Waals surface area contributed by atoms with Crippen molar-refractivity contribution in [2.75, 3.05) is 20.3 Å². The number of methoxy groups -OCH3 is 1. The van der Waals surface area contributed by atoms with Crippen LogP contribution in [-0.4, -0.2) is 46.5 Å². The van der Waals surface area contributed by atoms with Crippen molar-refractivity contribution in [2.45, 2.75) is 26.2 Å². The molecule has 8 heteroatoms. The molecule has 6 nitrogen and oxygen atoms in total. The number of rotatable bonds is 9. The normalized spacial score (nSPS) is 15.6. The maximum atomic E-state index is 12.6. The Hall–Kier alpha value is -2.06. The minimum Gasteiger partial charge on any atom is -0.493 e. The van der Waals surface area contributed by atoms with Crippen LogP contribution in [0.5, 0.6) is 11.5 Å². The topological polar surface area (TPSA) is 76.1 Å². The first kappa shape index (κ1) is 20.3. The Balaban J connectivity index is 2.23. The summed E-state index contributed by atoms with van der Waals surface area (Å²) in [6.45, 7) is 2.85. The lowest BCUT2D eigenvalue weighted by molar-refractivity contribution is -0.137. The first-order valence-corrected chi connectivity index (χ1v) is 9.47. The van der Waals surface area contributed by atoms with Crippen LogP contribution in [0.3, 0.4) is 0 Å². The molecule has 0 unspecified atom stereocenters. The van der Waals surface area contributed by atoms with Crippen molar-refractivity contribution >= 4 is 46.3 Å². The van der Waals surface area contributed by atoms with Crippen LogP contribution in [0.2, 0.25) is 0 Å². The fraction of sp³-hybridized carbons (Fsp3) is 0.389. The van der Waals surface area contributed by atoms with Gasteiger partial charge in [0.05, 0.1) is 18.6 Å². The number of carboxylic acids is 1. The van der Waals surface area contributed by atoms with Gasteiger partial charge in [0.2, 0.25) is 0 Å². The highest BCUT2D eigenvalue weighted by Gasteiger charge is 2.32. The Labute approximate surface area is 162 Å². The molecule has 1 saturated heterocycles. The Morgan fingerprint density at radius 3 is 2.85 bits per heavy atom. The number of aliphatic carboxylic acids is 1. The van der Waals surface area contributed by atoms with Crippen LogP contribution in [0.25, 0.3) is 6.08 Å². The average molecular weight is 396 g/mol. The van der Waals surface area contributed by atoms with E-state index < -0.39 is 5.97 Å². The van der Waals surface area contributed by atoms with E-state index in [0.29, 0.717) is 40.3 Å². The van der Waals surface area contributed by atoms with Crippen molar-refractivity contribution in [3.05, 3.63) is 28.7 Å². The summed E-state index contributed by atoms with van der Waals surface area (Å²) in [6, 6.07) is 5.49. The molecule has 0 aliphatic carbocycles. The molecule has 0 atom stereocenters. The summed E-state index contributed by atoms with van der Waals surface area (Å²) in [5, 5.41) is 8.74. The maximum Gasteiger partial charge on any atom is 0.303 e. The SMILES string of the molecule is CCCOc1c(C=C2SC(=S)N(CCCC(=O)O)C2=O)cccc1OC. The van der Waals surface area contributed by atoms with Gasteiger partial charge in [0, 0.05) is 18.5 Å². The lowest BCUT2D eigenvalue weighted by atomic mass is 10.1. The molecule has 1 aliphatic heterocycles. The largest absolute Gasteiger partial charge is 0.493 e. The van der Waals surface area contributed by atoms with E-state index in [1.54, 1.807) is 19.3 Å². The van der Waals surface area contributed by atoms with E-state index in [1.165, 1.54) is 16.7 Å². The van der Waals surface area contributed by atoms with Crippen molar-refractivity contribution in [2.24, 2.45) is 0 Å². The standard InChI is InChI=1S/C18H21NO5S2/c1-3-10-24-16-12(6-4-7-13(16)23-2)11-14-17(22)19(18(25)26-14)9-5-8-15(20)21/h4,6-7,11H,3,5,8-10H2,1-2H3,(H,20,21). The fourth-order valence-corrected chi connectivity index (χ4v) is 3.69. The van der Waals surface area contributed by atoms with Crippen LogP contribution in [0.15, 0.2) is 23.1 Å². The molecule has 140 valence electrons. The number of ether oxygens (including phenoxy) is 2. The van der Waals surface area contributed by atoms with Crippen LogP contribution in [0.4, 0.5) is 0 Å². The van der Waals surface area contributed by atoms with E-state index >= 15 is 0 Å². The molecule has 1 aliphatic rings. The van der Waals surface area contributed by atoms with Gasteiger partial charge >= 0.3 is 5.97 Å². The summed E-state index contributed by atoms with van der Waals surface area (Å²) in [5.74, 6) is 0.0897. The number of hydrogen-bond acceptors (Lipinski definition) is 6. The summed E-state index contributed by atoms with van der Waals surface area (Å²) in [5.41, 5.74) is 0.740. The second kappa shape index (κ2) is 9.59. The number of thioether (sulfide) groups is 1. The van der Waals surface area contributed by atoms with Gasteiger partial charge in [0.25, 0.3) is 5.91 Å². The Morgan fingerprint density at radius 2 is 2.19 bits per heavy atom. The van der Waals surface area contributed by atoms with Gasteiger partial charge in [-0.1, -0.05) is 43.0 Å². The maximum absolute atomic E-state index is 12.6. The molecule has 1 fully saturated rings. The van der Waals surface area contributed by atoms with Crippen LogP contribution in [0, 0.1) is 0 Å². The first-order valence-electron chi connectivity index (χ1n) is 8.24. The molecule has 0 saturated carbocycles. The summed E-state index contributed by atoms with van der Waals surface area (Å²) in [4.78, 5) is 25.2. The number of hydrogen-bond donors (Lipinski definition) is 1. The molecule has 26 heavy (non-hydrogen) atoms. The van der Waals surface area contributed by atoms with Crippen LogP contribution < -0.4 is 9.47 Å². The summed E-state index contributed by atoms with van der Waals surface area (Å²) < 4.78 is 11.6. The predicted octanol–water partition coefficient (Wildman–Crippen LogP) is 3.55. The van der Waals surface area contributed by atoms with E-state index in [4.69, 9.17) is 26.8 Å². The Bertz CT molecular complexity index is 732. The second-order valence-electron chi connectivity index (χ2n) is 5.56. The van der Waals surface area contributed by atoms with Crippen molar-refractivity contribution in [3.63, 3.8) is 0 Å². The van der Waals surface area contributed by atoms with Gasteiger partial charge in [0.15, 0.2) is 11.5 Å². The fourth-order valence-electron chi connectivity index (χ4n) is 2.39. The number of para-hydroxylation sites is 1. The quantitative estimate of drug-likeness (QED) is 0.506. The van der Waals surface area contributed by atoms with Gasteiger partial charge in [-0.3, -0.25) is 14.5 Å². The highest BCUT2D eigenvalue weighted by Crippen LogP contribution is 2.37. The van der Waals surface area contributed by atoms with E-state index in [9.17, 15) is 9.59 Å². The van der Waals surface area contributed by atoms with Crippen molar-refractivity contribution in [3.8, 4) is 11.5 Å². The number of amides is 1. The lowest BCUT2D eigenvalue weighted by Gasteiger charge is -2.14. The zero-order valence-electron chi connectivity index (χ0n) is 14.7. The molecule has 2 rings (SSSR count). The zero-order chi connectivity index (χ0) is 19.1. The number of benzene rings is 1. The smallest absolute Gasteiger partial charge is 0.303 e. The van der Waals surface area contributed by atoms with Gasteiger partial charge < -0.3 is 14.6 Å². The monoisotopic (exact) mass is 395 g/mol. The third-order valence-electron chi connectivity index (χ3n) is 3.61. The molecular weight excluding hydrogens is 374 g/mol. The molecule has 1 N–H and O–H groups in total. The van der Waals surface area contributed by atoms with Crippen molar-refractivity contribution < 1.29 is 24.2 Å². The number of carbonyl (C=O) groups is 2. The third-order valence-corrected chi connectivity index (χ3v) is 4.99. The predicted molar refractivity (Wildman–Crippen MR) is 106 cm³/mol. The molecule has 0 radical (unpaired) electrons. The average Bonchev–Trinajstić information content (AvgIpc) is 2.87. The molecule has 0 bridgehead atoms. The molecular formula is C18H21NO5S2. The lowest BCUT2D eigenvalue weighted by Crippen LogP contribution is -2.29. The zero-order valence-corrected chi connectivity index (χ0v) is 16.3. The van der Waals surface area contributed by atoms with Gasteiger partial charge in [-0.05, 0) is 25.0 Å². The minimum atomic E-state index is -0.889. The summed E-state index contributed by atoms with van der Waals surface area (Å²) in [7, 11) is 1.57. The van der Waals surface area contributed by atoms with Gasteiger partial charge in [-0.25, -0.2) is 0 Å². The number of nitrogens with zero attached hydrogens (tertiary/aromatic N) is 1. The molecule has 1 aromatic carbocycles. The van der Waals surface area contributed by atoms with Gasteiger partial charge in [0.1, 0.15) is 4.32 Å². The molecule has 1 aromatic rings. The molecule has 1 heterocycles. The van der Waals surface area contributed by atoms with Crippen molar-refractivity contribution in [1.82, 2.24) is 4.90 Å². The highest BCUT2D eigenvalue weighted by atomic mass is 32.2. The van der Waals surface area contributed by atoms with Gasteiger partial charge in [-0.2, -0.15) is 0 Å². The van der Waals surface area contributed by atoms with E-state index in [-0.39, 0.29) is 12.3 Å². The minimum absolute atomic E-state index is 0.000990. The Kier molecular flexibility index (Phi) is 7.47. The highest BCUT2D eigenvalue weighted by molar-refractivity contribution is 8.26. The molecule has 0 spiro atoms. The Morgan fingerprint density at radius 1 is 1.42 bits per heavy atom.